The molecule has 4 aliphatic rings. The van der Waals surface area contributed by atoms with Gasteiger partial charge in [0.2, 0.25) is 5.91 Å². The Morgan fingerprint density at radius 2 is 1.97 bits per heavy atom. The lowest BCUT2D eigenvalue weighted by molar-refractivity contribution is -0.160. The van der Waals surface area contributed by atoms with Crippen LogP contribution >= 0.6 is 11.8 Å². The number of allylic oxidation sites excluding steroid dienone is 2. The van der Waals surface area contributed by atoms with Crippen LogP contribution in [0.5, 0.6) is 0 Å². The van der Waals surface area contributed by atoms with Gasteiger partial charge in [-0.05, 0) is 49.2 Å². The molecule has 3 fully saturated rings. The number of aliphatic hydroxyl groups is 1. The van der Waals surface area contributed by atoms with E-state index in [1.54, 1.807) is 0 Å². The summed E-state index contributed by atoms with van der Waals surface area (Å²) in [6.07, 6.45) is 9.80. The molecule has 2 heterocycles. The molecule has 2 saturated heterocycles. The summed E-state index contributed by atoms with van der Waals surface area (Å²) in [5.74, 6) is -2.39. The van der Waals surface area contributed by atoms with Gasteiger partial charge < -0.3 is 15.1 Å². The van der Waals surface area contributed by atoms with Crippen LogP contribution in [0, 0.1) is 35.5 Å². The molecule has 8 atom stereocenters. The lowest BCUT2D eigenvalue weighted by Crippen LogP contribution is -2.53. The summed E-state index contributed by atoms with van der Waals surface area (Å²) in [5.41, 5.74) is -1.78. The van der Waals surface area contributed by atoms with Gasteiger partial charge in [-0.1, -0.05) is 38.8 Å². The third-order valence-electron chi connectivity index (χ3n) is 7.84. The molecular formula is C23H33NO5S. The van der Waals surface area contributed by atoms with Crippen LogP contribution in [0.3, 0.4) is 0 Å². The topological polar surface area (TPSA) is 94.9 Å². The summed E-state index contributed by atoms with van der Waals surface area (Å²) in [6, 6.07) is 0. The van der Waals surface area contributed by atoms with Gasteiger partial charge in [-0.3, -0.25) is 14.4 Å². The minimum Gasteiger partial charge on any atom is -0.481 e. The number of fused-ring (bicyclic) bond motifs is 2. The Labute approximate surface area is 182 Å². The standard InChI is InChI=1S/C23H33NO5S/c1-3-12-30-20-18(21(26)24-11-10-16(22(27)28)23(20,24)29)19(25)17-13(2)8-9-14-6-4-5-7-15(14)17/h8-9,13-18,20,29H,3-7,10-12H2,1-2H3,(H,27,28). The maximum Gasteiger partial charge on any atom is 0.311 e. The van der Waals surface area contributed by atoms with E-state index in [4.69, 9.17) is 0 Å². The molecule has 1 amide bonds. The molecule has 2 aliphatic carbocycles. The Morgan fingerprint density at radius 1 is 1.23 bits per heavy atom. The van der Waals surface area contributed by atoms with Gasteiger partial charge >= 0.3 is 5.97 Å². The fourth-order valence-electron chi connectivity index (χ4n) is 6.44. The molecule has 8 unspecified atom stereocenters. The first-order chi connectivity index (χ1) is 14.3. The fraction of sp³-hybridized carbons (Fsp3) is 0.783. The van der Waals surface area contributed by atoms with E-state index >= 15 is 0 Å². The van der Waals surface area contributed by atoms with E-state index in [9.17, 15) is 24.6 Å². The number of rotatable bonds is 6. The number of thioether (sulfide) groups is 1. The monoisotopic (exact) mass is 435 g/mol. The molecule has 0 aromatic carbocycles. The van der Waals surface area contributed by atoms with Gasteiger partial charge in [0.1, 0.15) is 11.8 Å². The molecule has 1 saturated carbocycles. The Kier molecular flexibility index (Phi) is 6.05. The Balaban J connectivity index is 1.69. The largest absolute Gasteiger partial charge is 0.481 e. The second kappa shape index (κ2) is 8.30. The zero-order chi connectivity index (χ0) is 21.6. The van der Waals surface area contributed by atoms with E-state index in [0.29, 0.717) is 11.7 Å². The van der Waals surface area contributed by atoms with Gasteiger partial charge in [-0.2, -0.15) is 11.8 Å². The molecular weight excluding hydrogens is 402 g/mol. The predicted molar refractivity (Wildman–Crippen MR) is 115 cm³/mol. The number of Topliss-reactive ketones (excluding diaryl/α,β-unsaturated/α-hetero) is 1. The number of aliphatic carboxylic acids is 1. The SMILES string of the molecule is CCCSC1C(C(=O)C2C(C)C=CC3CCCCC32)C(=O)N2CCC(C(=O)O)C12O. The van der Waals surface area contributed by atoms with Crippen molar-refractivity contribution in [3.63, 3.8) is 0 Å². The number of carboxylic acids is 1. The second-order valence-electron chi connectivity index (χ2n) is 9.51. The zero-order valence-corrected chi connectivity index (χ0v) is 18.6. The number of hydrogen-bond acceptors (Lipinski definition) is 5. The second-order valence-corrected chi connectivity index (χ2v) is 10.8. The van der Waals surface area contributed by atoms with Crippen molar-refractivity contribution in [3.8, 4) is 0 Å². The summed E-state index contributed by atoms with van der Waals surface area (Å²) >= 11 is 1.40. The van der Waals surface area contributed by atoms with Gasteiger partial charge in [0.25, 0.3) is 0 Å². The van der Waals surface area contributed by atoms with E-state index in [-0.39, 0.29) is 42.4 Å². The van der Waals surface area contributed by atoms with Gasteiger partial charge in [0, 0.05) is 12.5 Å². The molecule has 166 valence electrons. The number of carboxylic acid groups (broad SMARTS) is 1. The van der Waals surface area contributed by atoms with Crippen molar-refractivity contribution in [3.05, 3.63) is 12.2 Å². The third-order valence-corrected chi connectivity index (χ3v) is 9.46. The highest BCUT2D eigenvalue weighted by Crippen LogP contribution is 2.52. The molecule has 2 aliphatic heterocycles. The highest BCUT2D eigenvalue weighted by molar-refractivity contribution is 8.00. The van der Waals surface area contributed by atoms with Crippen LogP contribution in [0.2, 0.25) is 0 Å². The van der Waals surface area contributed by atoms with Gasteiger partial charge in [0.05, 0.1) is 5.25 Å². The van der Waals surface area contributed by atoms with E-state index in [1.807, 2.05) is 13.8 Å². The van der Waals surface area contributed by atoms with Crippen LogP contribution in [0.4, 0.5) is 0 Å². The fourth-order valence-corrected chi connectivity index (χ4v) is 7.91. The third kappa shape index (κ3) is 3.24. The molecule has 4 rings (SSSR count). The number of carbonyl (C=O) groups excluding carboxylic acids is 2. The number of hydrogen-bond donors (Lipinski definition) is 2. The summed E-state index contributed by atoms with van der Waals surface area (Å²) in [5, 5.41) is 20.6. The number of carbonyl (C=O) groups is 3. The lowest BCUT2D eigenvalue weighted by atomic mass is 9.62. The van der Waals surface area contributed by atoms with Crippen molar-refractivity contribution in [2.75, 3.05) is 12.3 Å². The van der Waals surface area contributed by atoms with Crippen LogP contribution in [0.1, 0.15) is 52.4 Å². The maximum atomic E-state index is 13.9. The van der Waals surface area contributed by atoms with Crippen molar-refractivity contribution in [2.45, 2.75) is 63.3 Å². The molecule has 30 heavy (non-hydrogen) atoms. The zero-order valence-electron chi connectivity index (χ0n) is 17.8. The van der Waals surface area contributed by atoms with Crippen molar-refractivity contribution in [2.24, 2.45) is 35.5 Å². The van der Waals surface area contributed by atoms with Crippen LogP contribution in [0.15, 0.2) is 12.2 Å². The number of amides is 1. The summed E-state index contributed by atoms with van der Waals surface area (Å²) in [4.78, 5) is 40.6. The van der Waals surface area contributed by atoms with E-state index in [2.05, 4.69) is 12.2 Å². The lowest BCUT2D eigenvalue weighted by Gasteiger charge is -2.42. The first-order valence-corrected chi connectivity index (χ1v) is 12.5. The number of nitrogens with zero attached hydrogens (tertiary/aromatic N) is 1. The normalized spacial score (nSPS) is 42.8. The minimum absolute atomic E-state index is 0.0572. The van der Waals surface area contributed by atoms with Crippen LogP contribution in [-0.4, -0.2) is 56.0 Å². The molecule has 6 nitrogen and oxygen atoms in total. The van der Waals surface area contributed by atoms with Crippen molar-refractivity contribution >= 4 is 29.4 Å². The average Bonchev–Trinajstić information content (AvgIpc) is 3.17. The minimum atomic E-state index is -1.78. The molecule has 0 radical (unpaired) electrons. The predicted octanol–water partition coefficient (Wildman–Crippen LogP) is 2.95. The molecule has 0 aromatic rings. The summed E-state index contributed by atoms with van der Waals surface area (Å²) in [6.45, 7) is 4.26. The highest BCUT2D eigenvalue weighted by Gasteiger charge is 2.68. The van der Waals surface area contributed by atoms with E-state index < -0.39 is 28.8 Å². The summed E-state index contributed by atoms with van der Waals surface area (Å²) in [7, 11) is 0. The Bertz CT molecular complexity index is 754. The van der Waals surface area contributed by atoms with Crippen LogP contribution in [-0.2, 0) is 14.4 Å². The van der Waals surface area contributed by atoms with Gasteiger partial charge in [-0.25, -0.2) is 0 Å². The van der Waals surface area contributed by atoms with Gasteiger partial charge in [0.15, 0.2) is 11.5 Å². The molecule has 0 aromatic heterocycles. The quantitative estimate of drug-likeness (QED) is 0.492. The molecule has 2 N–H and O–H groups in total. The van der Waals surface area contributed by atoms with Gasteiger partial charge in [-0.15, -0.1) is 0 Å². The van der Waals surface area contributed by atoms with Crippen molar-refractivity contribution in [1.82, 2.24) is 4.90 Å². The Hall–Kier alpha value is -1.34. The number of ketones is 1. The van der Waals surface area contributed by atoms with Crippen molar-refractivity contribution < 1.29 is 24.6 Å². The first-order valence-electron chi connectivity index (χ1n) is 11.4. The Morgan fingerprint density at radius 3 is 2.67 bits per heavy atom. The highest BCUT2D eigenvalue weighted by atomic mass is 32.2. The summed E-state index contributed by atoms with van der Waals surface area (Å²) < 4.78 is 0. The van der Waals surface area contributed by atoms with Crippen LogP contribution in [0.25, 0.3) is 0 Å². The molecule has 0 bridgehead atoms. The molecule has 7 heteroatoms. The smallest absolute Gasteiger partial charge is 0.311 e. The van der Waals surface area contributed by atoms with E-state index in [1.165, 1.54) is 23.1 Å². The van der Waals surface area contributed by atoms with E-state index in [0.717, 1.165) is 25.7 Å². The molecule has 0 spiro atoms. The van der Waals surface area contributed by atoms with Crippen LogP contribution < -0.4 is 0 Å². The first kappa shape index (κ1) is 21.9. The van der Waals surface area contributed by atoms with Crippen molar-refractivity contribution in [1.29, 1.82) is 0 Å². The maximum absolute atomic E-state index is 13.9. The average molecular weight is 436 g/mol.